The van der Waals surface area contributed by atoms with Crippen LogP contribution >= 0.6 is 0 Å². The minimum atomic E-state index is 0.0203. The van der Waals surface area contributed by atoms with Gasteiger partial charge >= 0.3 is 5.97 Å². The predicted molar refractivity (Wildman–Crippen MR) is 103 cm³/mol. The van der Waals surface area contributed by atoms with Crippen molar-refractivity contribution in [1.29, 1.82) is 0 Å². The van der Waals surface area contributed by atoms with Crippen molar-refractivity contribution < 1.29 is 9.53 Å². The van der Waals surface area contributed by atoms with Crippen LogP contribution < -0.4 is 0 Å². The molecule has 2 heteroatoms. The molecule has 0 aromatic rings. The van der Waals surface area contributed by atoms with Gasteiger partial charge in [0.2, 0.25) is 0 Å². The SMILES string of the molecule is COC(=O)C1CCC(CC2(C)CCC(C3CCC(C)CC3)CC2)CC1. The summed E-state index contributed by atoms with van der Waals surface area (Å²) >= 11 is 0. The summed E-state index contributed by atoms with van der Waals surface area (Å²) in [5.41, 5.74) is 0.571. The number of hydrogen-bond acceptors (Lipinski definition) is 2. The van der Waals surface area contributed by atoms with Gasteiger partial charge in [-0.3, -0.25) is 4.79 Å². The molecule has 0 saturated heterocycles. The monoisotopic (exact) mass is 348 g/mol. The van der Waals surface area contributed by atoms with E-state index < -0.39 is 0 Å². The van der Waals surface area contributed by atoms with Crippen molar-refractivity contribution in [2.75, 3.05) is 7.11 Å². The number of esters is 1. The largest absolute Gasteiger partial charge is 0.469 e. The quantitative estimate of drug-likeness (QED) is 0.551. The molecule has 0 unspecified atom stereocenters. The highest BCUT2D eigenvalue weighted by atomic mass is 16.5. The maximum Gasteiger partial charge on any atom is 0.308 e. The summed E-state index contributed by atoms with van der Waals surface area (Å²) in [6, 6.07) is 0. The van der Waals surface area contributed by atoms with Gasteiger partial charge in [-0.05, 0) is 99.7 Å². The molecule has 0 amide bonds. The molecular weight excluding hydrogens is 308 g/mol. The molecule has 0 N–H and O–H groups in total. The average molecular weight is 349 g/mol. The number of ether oxygens (including phenoxy) is 1. The minimum absolute atomic E-state index is 0.0203. The topological polar surface area (TPSA) is 26.3 Å². The lowest BCUT2D eigenvalue weighted by Gasteiger charge is -2.44. The van der Waals surface area contributed by atoms with E-state index in [1.165, 1.54) is 77.7 Å². The lowest BCUT2D eigenvalue weighted by Crippen LogP contribution is -2.32. The molecule has 3 aliphatic rings. The van der Waals surface area contributed by atoms with Crippen molar-refractivity contribution in [3.8, 4) is 0 Å². The molecule has 2 nitrogen and oxygen atoms in total. The van der Waals surface area contributed by atoms with Crippen LogP contribution in [-0.4, -0.2) is 13.1 Å². The Hall–Kier alpha value is -0.530. The highest BCUT2D eigenvalue weighted by Gasteiger charge is 2.37. The molecule has 3 fully saturated rings. The van der Waals surface area contributed by atoms with Crippen LogP contribution in [-0.2, 0) is 9.53 Å². The van der Waals surface area contributed by atoms with Gasteiger partial charge in [-0.15, -0.1) is 0 Å². The number of rotatable bonds is 4. The zero-order valence-electron chi connectivity index (χ0n) is 16.9. The Kier molecular flexibility index (Phi) is 6.49. The van der Waals surface area contributed by atoms with Crippen molar-refractivity contribution in [3.05, 3.63) is 0 Å². The third-order valence-corrected chi connectivity index (χ3v) is 8.13. The van der Waals surface area contributed by atoms with E-state index in [4.69, 9.17) is 4.74 Å². The Labute approximate surface area is 155 Å². The molecule has 0 aliphatic heterocycles. The van der Waals surface area contributed by atoms with Crippen LogP contribution in [0.25, 0.3) is 0 Å². The second kappa shape index (κ2) is 8.44. The Bertz CT molecular complexity index is 419. The fourth-order valence-corrected chi connectivity index (χ4v) is 6.24. The highest BCUT2D eigenvalue weighted by Crippen LogP contribution is 2.49. The van der Waals surface area contributed by atoms with E-state index >= 15 is 0 Å². The van der Waals surface area contributed by atoms with Gasteiger partial charge in [0.25, 0.3) is 0 Å². The first-order valence-electron chi connectivity index (χ1n) is 11.1. The van der Waals surface area contributed by atoms with E-state index in [0.29, 0.717) is 5.41 Å². The molecule has 0 spiro atoms. The fourth-order valence-electron chi connectivity index (χ4n) is 6.24. The summed E-state index contributed by atoms with van der Waals surface area (Å²) in [6.07, 6.45) is 17.8. The summed E-state index contributed by atoms with van der Waals surface area (Å²) in [5, 5.41) is 0. The molecule has 3 saturated carbocycles. The lowest BCUT2D eigenvalue weighted by atomic mass is 9.62. The van der Waals surface area contributed by atoms with Crippen molar-refractivity contribution in [2.24, 2.45) is 35.0 Å². The van der Waals surface area contributed by atoms with E-state index in [1.54, 1.807) is 0 Å². The number of carbonyl (C=O) groups excluding carboxylic acids is 1. The van der Waals surface area contributed by atoms with Crippen molar-refractivity contribution in [3.63, 3.8) is 0 Å². The third-order valence-electron chi connectivity index (χ3n) is 8.13. The van der Waals surface area contributed by atoms with E-state index in [1.807, 2.05) is 0 Å². The van der Waals surface area contributed by atoms with Crippen LogP contribution in [0.15, 0.2) is 0 Å². The molecular formula is C23H40O2. The molecule has 0 heterocycles. The van der Waals surface area contributed by atoms with Crippen LogP contribution in [0.1, 0.15) is 97.3 Å². The Morgan fingerprint density at radius 1 is 0.880 bits per heavy atom. The van der Waals surface area contributed by atoms with Crippen LogP contribution in [0.2, 0.25) is 0 Å². The first kappa shape index (κ1) is 19.2. The molecule has 144 valence electrons. The highest BCUT2D eigenvalue weighted by molar-refractivity contribution is 5.72. The van der Waals surface area contributed by atoms with Crippen molar-refractivity contribution in [1.82, 2.24) is 0 Å². The predicted octanol–water partition coefficient (Wildman–Crippen LogP) is 6.38. The average Bonchev–Trinajstić information content (AvgIpc) is 2.63. The zero-order valence-corrected chi connectivity index (χ0v) is 16.9. The van der Waals surface area contributed by atoms with Crippen LogP contribution in [0, 0.1) is 35.0 Å². The van der Waals surface area contributed by atoms with Gasteiger partial charge in [-0.1, -0.05) is 26.7 Å². The van der Waals surface area contributed by atoms with Gasteiger partial charge in [-0.2, -0.15) is 0 Å². The summed E-state index contributed by atoms with van der Waals surface area (Å²) in [6.45, 7) is 4.99. The Morgan fingerprint density at radius 2 is 1.44 bits per heavy atom. The van der Waals surface area contributed by atoms with E-state index in [-0.39, 0.29) is 11.9 Å². The normalized spacial score (nSPS) is 42.8. The van der Waals surface area contributed by atoms with Crippen LogP contribution in [0.3, 0.4) is 0 Å². The summed E-state index contributed by atoms with van der Waals surface area (Å²) < 4.78 is 4.93. The lowest BCUT2D eigenvalue weighted by molar-refractivity contribution is -0.146. The molecule has 3 rings (SSSR count). The molecule has 0 radical (unpaired) electrons. The standard InChI is InChI=1S/C23H40O2/c1-17-4-8-19(9-5-17)20-12-14-23(2,15-13-20)16-18-6-10-21(11-7-18)22(24)25-3/h17-21H,4-16H2,1-3H3. The van der Waals surface area contributed by atoms with E-state index in [0.717, 1.165) is 36.5 Å². The summed E-state index contributed by atoms with van der Waals surface area (Å²) in [5.74, 6) is 4.08. The third kappa shape index (κ3) is 5.01. The molecule has 0 atom stereocenters. The maximum absolute atomic E-state index is 11.7. The smallest absolute Gasteiger partial charge is 0.308 e. The van der Waals surface area contributed by atoms with Crippen molar-refractivity contribution in [2.45, 2.75) is 97.3 Å². The summed E-state index contributed by atoms with van der Waals surface area (Å²) in [7, 11) is 1.53. The number of hydrogen-bond donors (Lipinski definition) is 0. The fraction of sp³-hybridized carbons (Fsp3) is 0.957. The molecule has 0 aromatic heterocycles. The van der Waals surface area contributed by atoms with Crippen LogP contribution in [0.5, 0.6) is 0 Å². The second-order valence-electron chi connectivity index (χ2n) is 10.1. The van der Waals surface area contributed by atoms with Crippen molar-refractivity contribution >= 4 is 5.97 Å². The molecule has 25 heavy (non-hydrogen) atoms. The Balaban J connectivity index is 1.41. The van der Waals surface area contributed by atoms with Crippen LogP contribution in [0.4, 0.5) is 0 Å². The maximum atomic E-state index is 11.7. The first-order chi connectivity index (χ1) is 12.0. The molecule has 0 aromatic carbocycles. The van der Waals surface area contributed by atoms with Gasteiger partial charge in [-0.25, -0.2) is 0 Å². The van der Waals surface area contributed by atoms with E-state index in [2.05, 4.69) is 13.8 Å². The number of carbonyl (C=O) groups is 1. The van der Waals surface area contributed by atoms with Gasteiger partial charge in [0.05, 0.1) is 13.0 Å². The summed E-state index contributed by atoms with van der Waals surface area (Å²) in [4.78, 5) is 11.7. The Morgan fingerprint density at radius 3 is 2.00 bits per heavy atom. The second-order valence-corrected chi connectivity index (χ2v) is 10.1. The van der Waals surface area contributed by atoms with Gasteiger partial charge < -0.3 is 4.74 Å². The minimum Gasteiger partial charge on any atom is -0.469 e. The molecule has 0 bridgehead atoms. The first-order valence-corrected chi connectivity index (χ1v) is 11.1. The zero-order chi connectivity index (χ0) is 17.9. The van der Waals surface area contributed by atoms with Gasteiger partial charge in [0, 0.05) is 0 Å². The van der Waals surface area contributed by atoms with Gasteiger partial charge in [0.1, 0.15) is 0 Å². The molecule has 3 aliphatic carbocycles. The van der Waals surface area contributed by atoms with Gasteiger partial charge in [0.15, 0.2) is 0 Å². The van der Waals surface area contributed by atoms with E-state index in [9.17, 15) is 4.79 Å². The number of methoxy groups -OCH3 is 1.